The van der Waals surface area contributed by atoms with E-state index in [0.717, 1.165) is 16.6 Å². The molecule has 0 spiro atoms. The van der Waals surface area contributed by atoms with E-state index in [4.69, 9.17) is 5.73 Å². The normalized spacial score (nSPS) is 29.9. The summed E-state index contributed by atoms with van der Waals surface area (Å²) in [6, 6.07) is 7.55. The zero-order chi connectivity index (χ0) is 19.3. The topological polar surface area (TPSA) is 95.4 Å². The molecule has 2 fully saturated rings. The lowest BCUT2D eigenvalue weighted by molar-refractivity contribution is 0.246. The molecule has 7 heteroatoms. The molecule has 3 heterocycles. The van der Waals surface area contributed by atoms with Crippen LogP contribution in [0.3, 0.4) is 0 Å². The fourth-order valence-electron chi connectivity index (χ4n) is 6.63. The van der Waals surface area contributed by atoms with Gasteiger partial charge >= 0.3 is 0 Å². The van der Waals surface area contributed by atoms with E-state index in [1.165, 1.54) is 36.3 Å². The molecule has 5 N–H and O–H groups in total. The van der Waals surface area contributed by atoms with Crippen LogP contribution in [0.5, 0.6) is 0 Å². The van der Waals surface area contributed by atoms with Crippen LogP contribution in [0.1, 0.15) is 42.3 Å². The molecule has 2 bridgehead atoms. The second-order valence-electron chi connectivity index (χ2n) is 8.94. The van der Waals surface area contributed by atoms with Crippen molar-refractivity contribution < 1.29 is 4.39 Å². The van der Waals surface area contributed by atoms with Crippen LogP contribution < -0.4 is 11.1 Å². The van der Waals surface area contributed by atoms with Gasteiger partial charge in [0.2, 0.25) is 0 Å². The third kappa shape index (κ3) is 1.95. The maximum absolute atomic E-state index is 15.2. The van der Waals surface area contributed by atoms with Crippen molar-refractivity contribution in [1.82, 2.24) is 20.4 Å². The predicted octanol–water partition coefficient (Wildman–Crippen LogP) is 4.46. The van der Waals surface area contributed by atoms with Gasteiger partial charge in [-0.1, -0.05) is 0 Å². The summed E-state index contributed by atoms with van der Waals surface area (Å²) in [5.41, 5.74) is 10.9. The number of hydrogen-bond donors (Lipinski definition) is 4. The first kappa shape index (κ1) is 15.8. The fourth-order valence-corrected chi connectivity index (χ4v) is 6.63. The summed E-state index contributed by atoms with van der Waals surface area (Å²) in [7, 11) is 0. The van der Waals surface area contributed by atoms with Crippen molar-refractivity contribution in [2.45, 2.75) is 31.2 Å². The highest BCUT2D eigenvalue weighted by atomic mass is 19.1. The SMILES string of the molecule is Nc1n[nH]c2cc(F)c(C3Nc4ccc5[nH]ncc5c4C4C5CCC(C5)C34)cc12. The van der Waals surface area contributed by atoms with Crippen LogP contribution in [0.2, 0.25) is 0 Å². The largest absolute Gasteiger partial charge is 0.382 e. The summed E-state index contributed by atoms with van der Waals surface area (Å²) in [6.45, 7) is 0. The highest BCUT2D eigenvalue weighted by molar-refractivity contribution is 5.90. The number of aromatic nitrogens is 4. The molecule has 6 nitrogen and oxygen atoms in total. The maximum Gasteiger partial charge on any atom is 0.153 e. The van der Waals surface area contributed by atoms with Crippen LogP contribution in [0.25, 0.3) is 21.8 Å². The summed E-state index contributed by atoms with van der Waals surface area (Å²) in [4.78, 5) is 0. The molecule has 0 saturated heterocycles. The maximum atomic E-state index is 15.2. The number of hydrogen-bond acceptors (Lipinski definition) is 4. The van der Waals surface area contributed by atoms with Gasteiger partial charge in [0, 0.05) is 22.0 Å². The summed E-state index contributed by atoms with van der Waals surface area (Å²) in [6.07, 6.45) is 5.68. The molecule has 2 aromatic heterocycles. The lowest BCUT2D eigenvalue weighted by Crippen LogP contribution is -2.36. The van der Waals surface area contributed by atoms with Crippen LogP contribution in [0.4, 0.5) is 15.9 Å². The number of nitrogens with zero attached hydrogens (tertiary/aromatic N) is 2. The number of fused-ring (bicyclic) bond motifs is 10. The van der Waals surface area contributed by atoms with Gasteiger partial charge in [-0.2, -0.15) is 10.2 Å². The van der Waals surface area contributed by atoms with Gasteiger partial charge in [-0.25, -0.2) is 4.39 Å². The second-order valence-corrected chi connectivity index (χ2v) is 8.94. The Hall–Kier alpha value is -3.09. The van der Waals surface area contributed by atoms with Crippen molar-refractivity contribution in [2.24, 2.45) is 17.8 Å². The number of rotatable bonds is 1. The van der Waals surface area contributed by atoms with E-state index < -0.39 is 0 Å². The molecule has 5 unspecified atom stereocenters. The first-order valence-corrected chi connectivity index (χ1v) is 10.3. The average Bonchev–Trinajstić information content (AvgIpc) is 3.51. The number of anilines is 2. The molecule has 0 amide bonds. The lowest BCUT2D eigenvalue weighted by Gasteiger charge is -2.43. The number of nitrogen functional groups attached to an aromatic ring is 1. The summed E-state index contributed by atoms with van der Waals surface area (Å²) < 4.78 is 15.2. The first-order valence-electron chi connectivity index (χ1n) is 10.3. The first-order chi connectivity index (χ1) is 14.2. The van der Waals surface area contributed by atoms with Gasteiger partial charge in [0.1, 0.15) is 5.82 Å². The zero-order valence-corrected chi connectivity index (χ0v) is 15.7. The third-order valence-corrected chi connectivity index (χ3v) is 7.72. The Morgan fingerprint density at radius 1 is 1.03 bits per heavy atom. The number of nitrogens with two attached hydrogens (primary N) is 1. The summed E-state index contributed by atoms with van der Waals surface area (Å²) >= 11 is 0. The minimum Gasteiger partial charge on any atom is -0.382 e. The van der Waals surface area contributed by atoms with E-state index in [1.54, 1.807) is 0 Å². The molecular weight excluding hydrogens is 367 g/mol. The molecule has 0 radical (unpaired) electrons. The van der Waals surface area contributed by atoms with Crippen LogP contribution >= 0.6 is 0 Å². The van der Waals surface area contributed by atoms with Gasteiger partial charge in [0.25, 0.3) is 0 Å². The molecule has 146 valence electrons. The Labute approximate surface area is 166 Å². The van der Waals surface area contributed by atoms with Crippen molar-refractivity contribution in [3.8, 4) is 0 Å². The van der Waals surface area contributed by atoms with E-state index in [1.807, 2.05) is 12.3 Å². The number of H-pyrrole nitrogens is 2. The van der Waals surface area contributed by atoms with Gasteiger partial charge in [0.05, 0.1) is 23.3 Å². The van der Waals surface area contributed by atoms with Gasteiger partial charge in [0.15, 0.2) is 5.82 Å². The van der Waals surface area contributed by atoms with E-state index in [-0.39, 0.29) is 11.9 Å². The minimum absolute atomic E-state index is 0.0640. The number of benzene rings is 2. The van der Waals surface area contributed by atoms with Crippen LogP contribution in [-0.2, 0) is 0 Å². The molecule has 1 aliphatic heterocycles. The number of aromatic amines is 2. The van der Waals surface area contributed by atoms with Gasteiger partial charge in [-0.05, 0) is 72.8 Å². The molecule has 2 aromatic carbocycles. The molecule has 2 saturated carbocycles. The van der Waals surface area contributed by atoms with Crippen LogP contribution in [-0.4, -0.2) is 20.4 Å². The molecule has 29 heavy (non-hydrogen) atoms. The van der Waals surface area contributed by atoms with Crippen molar-refractivity contribution in [3.63, 3.8) is 0 Å². The van der Waals surface area contributed by atoms with E-state index in [0.29, 0.717) is 40.6 Å². The Bertz CT molecular complexity index is 1290. The number of halogens is 1. The lowest BCUT2D eigenvalue weighted by atomic mass is 9.67. The van der Waals surface area contributed by atoms with E-state index in [2.05, 4.69) is 37.8 Å². The Balaban J connectivity index is 1.46. The minimum atomic E-state index is -0.201. The summed E-state index contributed by atoms with van der Waals surface area (Å²) in [5.74, 6) is 2.32. The highest BCUT2D eigenvalue weighted by Gasteiger charge is 2.54. The monoisotopic (exact) mass is 388 g/mol. The molecule has 3 aliphatic rings. The van der Waals surface area contributed by atoms with Gasteiger partial charge < -0.3 is 11.1 Å². The average molecular weight is 388 g/mol. The summed E-state index contributed by atoms with van der Waals surface area (Å²) in [5, 5.41) is 20.0. The van der Waals surface area contributed by atoms with Crippen molar-refractivity contribution in [3.05, 3.63) is 47.4 Å². The van der Waals surface area contributed by atoms with Gasteiger partial charge in [-0.15, -0.1) is 0 Å². The fraction of sp³-hybridized carbons (Fsp3) is 0.364. The number of nitrogens with one attached hydrogen (secondary N) is 3. The van der Waals surface area contributed by atoms with Crippen LogP contribution in [0.15, 0.2) is 30.5 Å². The van der Waals surface area contributed by atoms with Gasteiger partial charge in [-0.3, -0.25) is 10.2 Å². The highest BCUT2D eigenvalue weighted by Crippen LogP contribution is 2.64. The molecule has 5 atom stereocenters. The molecule has 4 aromatic rings. The smallest absolute Gasteiger partial charge is 0.153 e. The quantitative estimate of drug-likeness (QED) is 0.387. The van der Waals surface area contributed by atoms with Crippen molar-refractivity contribution in [2.75, 3.05) is 11.1 Å². The van der Waals surface area contributed by atoms with Crippen LogP contribution in [0, 0.1) is 23.6 Å². The van der Waals surface area contributed by atoms with Crippen molar-refractivity contribution in [1.29, 1.82) is 0 Å². The molecule has 2 aliphatic carbocycles. The Morgan fingerprint density at radius 3 is 2.86 bits per heavy atom. The second kappa shape index (κ2) is 5.28. The Morgan fingerprint density at radius 2 is 1.93 bits per heavy atom. The van der Waals surface area contributed by atoms with Crippen molar-refractivity contribution >= 4 is 33.3 Å². The third-order valence-electron chi connectivity index (χ3n) is 7.72. The van der Waals surface area contributed by atoms with E-state index in [9.17, 15) is 0 Å². The zero-order valence-electron chi connectivity index (χ0n) is 15.7. The standard InChI is InChI=1S/C22H21FN6/c23-14-7-17-12(22(24)29-28-17)6-11(14)21-19-10-2-1-9(5-10)18(19)20-13-8-25-27-15(13)3-4-16(20)26-21/h3-4,6-10,18-19,21,26H,1-2,5H2,(H,25,27)(H3,24,28,29). The molecular formula is C22H21FN6. The van der Waals surface area contributed by atoms with E-state index >= 15 is 4.39 Å². The Kier molecular flexibility index (Phi) is 2.88. The molecule has 7 rings (SSSR count). The predicted molar refractivity (Wildman–Crippen MR) is 110 cm³/mol.